The van der Waals surface area contributed by atoms with Crippen molar-refractivity contribution >= 4 is 45.8 Å². The Morgan fingerprint density at radius 1 is 0.933 bits per heavy atom. The van der Waals surface area contributed by atoms with Gasteiger partial charge in [0.1, 0.15) is 5.58 Å². The summed E-state index contributed by atoms with van der Waals surface area (Å²) >= 11 is 12.0. The van der Waals surface area contributed by atoms with E-state index in [0.717, 1.165) is 0 Å². The molecule has 0 aliphatic rings. The Hall–Kier alpha value is -3.28. The fraction of sp³-hybridized carbons (Fsp3) is 0.0435. The summed E-state index contributed by atoms with van der Waals surface area (Å²) < 4.78 is 11.6. The molecule has 0 aliphatic heterocycles. The summed E-state index contributed by atoms with van der Waals surface area (Å²) in [7, 11) is 0. The molecule has 0 spiro atoms. The summed E-state index contributed by atoms with van der Waals surface area (Å²) in [6.07, 6.45) is 0. The molecule has 0 atom stereocenters. The average Bonchev–Trinajstić information content (AvgIpc) is 2.75. The average molecular weight is 440 g/mol. The van der Waals surface area contributed by atoms with E-state index in [1.54, 1.807) is 60.7 Å². The van der Waals surface area contributed by atoms with Crippen LogP contribution >= 0.6 is 23.2 Å². The maximum Gasteiger partial charge on any atom is 0.262 e. The van der Waals surface area contributed by atoms with E-state index in [1.807, 2.05) is 6.07 Å². The molecule has 3 aromatic carbocycles. The lowest BCUT2D eigenvalue weighted by atomic mass is 10.1. The number of amides is 1. The lowest BCUT2D eigenvalue weighted by Gasteiger charge is -2.12. The van der Waals surface area contributed by atoms with Crippen molar-refractivity contribution < 1.29 is 13.9 Å². The van der Waals surface area contributed by atoms with Gasteiger partial charge in [-0.1, -0.05) is 41.4 Å². The molecular weight excluding hydrogens is 425 g/mol. The Morgan fingerprint density at radius 3 is 2.37 bits per heavy atom. The van der Waals surface area contributed by atoms with E-state index in [-0.39, 0.29) is 23.5 Å². The Morgan fingerprint density at radius 2 is 1.63 bits per heavy atom. The standard InChI is InChI=1S/C23H15Cl2NO4/c24-15-8-6-14(7-9-15)22-23(21(28)18-12-16(25)10-11-19(18)30-22)29-13-20(27)26-17-4-2-1-3-5-17/h1-12H,13H2,(H,26,27). The summed E-state index contributed by atoms with van der Waals surface area (Å²) in [5.41, 5.74) is 1.15. The summed E-state index contributed by atoms with van der Waals surface area (Å²) in [6, 6.07) is 20.5. The summed E-state index contributed by atoms with van der Waals surface area (Å²) in [5, 5.41) is 3.90. The lowest BCUT2D eigenvalue weighted by Crippen LogP contribution is -2.22. The van der Waals surface area contributed by atoms with Gasteiger partial charge in [-0.2, -0.15) is 0 Å². The van der Waals surface area contributed by atoms with E-state index in [1.165, 1.54) is 6.07 Å². The first-order valence-electron chi connectivity index (χ1n) is 9.01. The van der Waals surface area contributed by atoms with Crippen LogP contribution in [-0.4, -0.2) is 12.5 Å². The zero-order valence-electron chi connectivity index (χ0n) is 15.5. The third-order valence-electron chi connectivity index (χ3n) is 4.32. The van der Waals surface area contributed by atoms with Gasteiger partial charge in [-0.25, -0.2) is 0 Å². The van der Waals surface area contributed by atoms with Crippen LogP contribution in [0.4, 0.5) is 5.69 Å². The van der Waals surface area contributed by atoms with Gasteiger partial charge in [0, 0.05) is 21.3 Å². The number of carbonyl (C=O) groups is 1. The molecule has 0 saturated heterocycles. The van der Waals surface area contributed by atoms with Crippen LogP contribution in [-0.2, 0) is 4.79 Å². The number of fused-ring (bicyclic) bond motifs is 1. The second-order valence-electron chi connectivity index (χ2n) is 6.44. The number of ether oxygens (including phenoxy) is 1. The lowest BCUT2D eigenvalue weighted by molar-refractivity contribution is -0.118. The molecular formula is C23H15Cl2NO4. The van der Waals surface area contributed by atoms with Gasteiger partial charge in [-0.15, -0.1) is 0 Å². The molecule has 1 aromatic heterocycles. The zero-order valence-corrected chi connectivity index (χ0v) is 17.0. The normalized spacial score (nSPS) is 10.7. The van der Waals surface area contributed by atoms with Gasteiger partial charge >= 0.3 is 0 Å². The number of para-hydroxylation sites is 1. The van der Waals surface area contributed by atoms with Gasteiger partial charge in [0.2, 0.25) is 11.2 Å². The molecule has 150 valence electrons. The molecule has 30 heavy (non-hydrogen) atoms. The predicted octanol–water partition coefficient (Wildman–Crippen LogP) is 5.78. The van der Waals surface area contributed by atoms with Crippen LogP contribution in [0.2, 0.25) is 10.0 Å². The molecule has 0 bridgehead atoms. The third-order valence-corrected chi connectivity index (χ3v) is 4.81. The van der Waals surface area contributed by atoms with Crippen LogP contribution < -0.4 is 15.5 Å². The Labute approximate surface area is 181 Å². The van der Waals surface area contributed by atoms with Crippen molar-refractivity contribution in [3.63, 3.8) is 0 Å². The zero-order chi connectivity index (χ0) is 21.1. The number of benzene rings is 3. The fourth-order valence-corrected chi connectivity index (χ4v) is 3.23. The number of rotatable bonds is 5. The number of anilines is 1. The first-order valence-corrected chi connectivity index (χ1v) is 9.77. The summed E-state index contributed by atoms with van der Waals surface area (Å²) in [6.45, 7) is -0.369. The summed E-state index contributed by atoms with van der Waals surface area (Å²) in [5.74, 6) is -0.275. The SMILES string of the molecule is O=C(COc1c(-c2ccc(Cl)cc2)oc2ccc(Cl)cc2c1=O)Nc1ccccc1. The van der Waals surface area contributed by atoms with E-state index in [9.17, 15) is 9.59 Å². The number of halogens is 2. The molecule has 0 radical (unpaired) electrons. The van der Waals surface area contributed by atoms with Crippen LogP contribution in [0, 0.1) is 0 Å². The molecule has 4 aromatic rings. The quantitative estimate of drug-likeness (QED) is 0.427. The van der Waals surface area contributed by atoms with E-state index < -0.39 is 11.3 Å². The van der Waals surface area contributed by atoms with Gasteiger partial charge in [0.15, 0.2) is 12.4 Å². The van der Waals surface area contributed by atoms with E-state index in [4.69, 9.17) is 32.4 Å². The van der Waals surface area contributed by atoms with Gasteiger partial charge in [0.25, 0.3) is 5.91 Å². The van der Waals surface area contributed by atoms with Crippen molar-refractivity contribution in [2.45, 2.75) is 0 Å². The number of carbonyl (C=O) groups excluding carboxylic acids is 1. The highest BCUT2D eigenvalue weighted by Gasteiger charge is 2.19. The van der Waals surface area contributed by atoms with Crippen molar-refractivity contribution in [3.05, 3.63) is 93.1 Å². The fourth-order valence-electron chi connectivity index (χ4n) is 2.93. The molecule has 7 heteroatoms. The number of hydrogen-bond donors (Lipinski definition) is 1. The Bertz CT molecular complexity index is 1270. The second-order valence-corrected chi connectivity index (χ2v) is 7.31. The number of nitrogens with one attached hydrogen (secondary N) is 1. The van der Waals surface area contributed by atoms with Crippen molar-refractivity contribution in [1.29, 1.82) is 0 Å². The maximum atomic E-state index is 13.1. The maximum absolute atomic E-state index is 13.1. The van der Waals surface area contributed by atoms with E-state index in [0.29, 0.717) is 26.9 Å². The van der Waals surface area contributed by atoms with Crippen LogP contribution in [0.3, 0.4) is 0 Å². The topological polar surface area (TPSA) is 68.5 Å². The highest BCUT2D eigenvalue weighted by atomic mass is 35.5. The molecule has 0 saturated carbocycles. The minimum Gasteiger partial charge on any atom is -0.476 e. The summed E-state index contributed by atoms with van der Waals surface area (Å²) in [4.78, 5) is 25.4. The predicted molar refractivity (Wildman–Crippen MR) is 119 cm³/mol. The van der Waals surface area contributed by atoms with Crippen LogP contribution in [0.5, 0.6) is 5.75 Å². The molecule has 0 aliphatic carbocycles. The Balaban J connectivity index is 1.71. The van der Waals surface area contributed by atoms with Crippen LogP contribution in [0.25, 0.3) is 22.3 Å². The minimum atomic E-state index is -0.420. The van der Waals surface area contributed by atoms with Crippen LogP contribution in [0.15, 0.2) is 82.0 Å². The van der Waals surface area contributed by atoms with E-state index in [2.05, 4.69) is 5.32 Å². The molecule has 1 heterocycles. The van der Waals surface area contributed by atoms with Crippen LogP contribution in [0.1, 0.15) is 0 Å². The van der Waals surface area contributed by atoms with Gasteiger partial charge < -0.3 is 14.5 Å². The molecule has 1 N–H and O–H groups in total. The van der Waals surface area contributed by atoms with Gasteiger partial charge in [-0.05, 0) is 54.6 Å². The largest absolute Gasteiger partial charge is 0.476 e. The minimum absolute atomic E-state index is 0.0738. The first-order chi connectivity index (χ1) is 14.5. The van der Waals surface area contributed by atoms with Gasteiger partial charge in [0.05, 0.1) is 5.39 Å². The highest BCUT2D eigenvalue weighted by molar-refractivity contribution is 6.31. The molecule has 4 rings (SSSR count). The monoisotopic (exact) mass is 439 g/mol. The van der Waals surface area contributed by atoms with E-state index >= 15 is 0 Å². The highest BCUT2D eigenvalue weighted by Crippen LogP contribution is 2.32. The van der Waals surface area contributed by atoms with Gasteiger partial charge in [-0.3, -0.25) is 9.59 Å². The van der Waals surface area contributed by atoms with Crippen molar-refractivity contribution in [2.24, 2.45) is 0 Å². The van der Waals surface area contributed by atoms with Crippen molar-refractivity contribution in [3.8, 4) is 17.1 Å². The molecule has 0 unspecified atom stereocenters. The second kappa shape index (κ2) is 8.61. The first kappa shape index (κ1) is 20.0. The Kier molecular flexibility index (Phi) is 5.74. The molecule has 0 fully saturated rings. The number of hydrogen-bond acceptors (Lipinski definition) is 4. The molecule has 1 amide bonds. The van der Waals surface area contributed by atoms with Crippen molar-refractivity contribution in [2.75, 3.05) is 11.9 Å². The smallest absolute Gasteiger partial charge is 0.262 e. The third kappa shape index (κ3) is 4.32. The molecule has 5 nitrogen and oxygen atoms in total. The van der Waals surface area contributed by atoms with Crippen molar-refractivity contribution in [1.82, 2.24) is 0 Å².